The number of hydrogen-bond donors (Lipinski definition) is 3. The Morgan fingerprint density at radius 3 is 2.37 bits per heavy atom. The molecule has 3 amide bonds. The van der Waals surface area contributed by atoms with E-state index in [1.54, 1.807) is 7.05 Å². The molecule has 8 nitrogen and oxygen atoms in total. The topological polar surface area (TPSA) is 108 Å². The number of rotatable bonds is 7. The molecular weight excluding hydrogens is 482 g/mol. The maximum atomic E-state index is 14.3. The molecule has 202 valence electrons. The number of aliphatic hydroxyl groups is 1. The number of ether oxygens (including phenoxy) is 1. The van der Waals surface area contributed by atoms with Gasteiger partial charge in [-0.15, -0.1) is 0 Å². The molecule has 3 saturated heterocycles. The fourth-order valence-corrected chi connectivity index (χ4v) is 7.27. The van der Waals surface area contributed by atoms with Crippen LogP contribution in [0.15, 0.2) is 48.5 Å². The minimum absolute atomic E-state index is 0.0500. The number of aryl methyl sites for hydroxylation is 2. The quantitative estimate of drug-likeness (QED) is 0.521. The molecule has 5 rings (SSSR count). The maximum Gasteiger partial charge on any atom is 0.250 e. The van der Waals surface area contributed by atoms with Gasteiger partial charge >= 0.3 is 0 Å². The second-order valence-electron chi connectivity index (χ2n) is 11.3. The van der Waals surface area contributed by atoms with Gasteiger partial charge in [-0.05, 0) is 56.2 Å². The average Bonchev–Trinajstić information content (AvgIpc) is 3.41. The zero-order valence-corrected chi connectivity index (χ0v) is 22.7. The normalized spacial score (nSPS) is 32.3. The van der Waals surface area contributed by atoms with Gasteiger partial charge in [0.15, 0.2) is 0 Å². The predicted molar refractivity (Wildman–Crippen MR) is 143 cm³/mol. The lowest BCUT2D eigenvalue weighted by Crippen LogP contribution is -2.57. The van der Waals surface area contributed by atoms with Crippen LogP contribution >= 0.6 is 0 Å². The van der Waals surface area contributed by atoms with Crippen LogP contribution in [-0.4, -0.2) is 64.7 Å². The molecule has 0 aliphatic carbocycles. The van der Waals surface area contributed by atoms with E-state index in [0.717, 1.165) is 16.7 Å². The molecule has 8 heteroatoms. The van der Waals surface area contributed by atoms with Crippen LogP contribution in [0, 0.1) is 31.6 Å². The molecule has 0 aromatic heterocycles. The molecule has 3 N–H and O–H groups in total. The molecule has 2 bridgehead atoms. The lowest BCUT2D eigenvalue weighted by atomic mass is 9.62. The summed E-state index contributed by atoms with van der Waals surface area (Å²) in [5.41, 5.74) is 1.41. The zero-order chi connectivity index (χ0) is 27.4. The predicted octanol–water partition coefficient (Wildman–Crippen LogP) is 2.60. The Balaban J connectivity index is 1.62. The standard InChI is InChI=1S/C30H37N3O5/c1-17-10-9-11-18(2)24(17)32-27(36)25-30-15-19(3)29(4,38-30)22(26(35)31-5)23(30)28(37)33(25)21(16-34)14-20-12-7-6-8-13-20/h6-13,19,21-23,25,34H,14-16H2,1-5H3,(H,31,35)(H,32,36)/t19?,21-,22+,23+,25?,29-,30?/m1/s1. The van der Waals surface area contributed by atoms with Gasteiger partial charge < -0.3 is 25.4 Å². The van der Waals surface area contributed by atoms with Gasteiger partial charge in [-0.2, -0.15) is 0 Å². The number of nitrogens with zero attached hydrogens (tertiary/aromatic N) is 1. The highest BCUT2D eigenvalue weighted by Crippen LogP contribution is 2.65. The first kappa shape index (κ1) is 26.4. The van der Waals surface area contributed by atoms with Crippen LogP contribution in [0.2, 0.25) is 0 Å². The molecule has 3 aliphatic heterocycles. The fraction of sp³-hybridized carbons (Fsp3) is 0.500. The van der Waals surface area contributed by atoms with E-state index in [1.165, 1.54) is 4.90 Å². The van der Waals surface area contributed by atoms with Crippen molar-refractivity contribution in [3.8, 4) is 0 Å². The summed E-state index contributed by atoms with van der Waals surface area (Å²) >= 11 is 0. The number of carbonyl (C=O) groups is 3. The molecule has 0 saturated carbocycles. The summed E-state index contributed by atoms with van der Waals surface area (Å²) in [6.07, 6.45) is 0.842. The lowest BCUT2D eigenvalue weighted by molar-refractivity contribution is -0.149. The van der Waals surface area contributed by atoms with Crippen LogP contribution in [0.1, 0.15) is 37.0 Å². The third-order valence-corrected chi connectivity index (χ3v) is 9.18. The Labute approximate surface area is 223 Å². The smallest absolute Gasteiger partial charge is 0.250 e. The van der Waals surface area contributed by atoms with Crippen molar-refractivity contribution in [2.24, 2.45) is 17.8 Å². The van der Waals surface area contributed by atoms with E-state index in [1.807, 2.05) is 76.2 Å². The molecule has 7 atom stereocenters. The fourth-order valence-electron chi connectivity index (χ4n) is 7.27. The van der Waals surface area contributed by atoms with E-state index >= 15 is 0 Å². The molecule has 3 unspecified atom stereocenters. The minimum Gasteiger partial charge on any atom is -0.394 e. The highest BCUT2D eigenvalue weighted by atomic mass is 16.5. The minimum atomic E-state index is -1.17. The van der Waals surface area contributed by atoms with Crippen LogP contribution in [0.4, 0.5) is 5.69 Å². The Hall–Kier alpha value is -3.23. The van der Waals surface area contributed by atoms with Crippen molar-refractivity contribution in [3.63, 3.8) is 0 Å². The van der Waals surface area contributed by atoms with Crippen LogP contribution in [0.5, 0.6) is 0 Å². The highest BCUT2D eigenvalue weighted by molar-refractivity contribution is 6.04. The first-order valence-electron chi connectivity index (χ1n) is 13.3. The molecule has 1 spiro atoms. The molecule has 2 aromatic rings. The first-order chi connectivity index (χ1) is 18.1. The van der Waals surface area contributed by atoms with Gasteiger partial charge in [-0.3, -0.25) is 14.4 Å². The number of likely N-dealkylation sites (tertiary alicyclic amines) is 1. The van der Waals surface area contributed by atoms with Crippen molar-refractivity contribution < 1.29 is 24.2 Å². The van der Waals surface area contributed by atoms with Crippen LogP contribution in [0.3, 0.4) is 0 Å². The molecule has 38 heavy (non-hydrogen) atoms. The van der Waals surface area contributed by atoms with E-state index in [-0.39, 0.29) is 30.2 Å². The van der Waals surface area contributed by atoms with Gasteiger partial charge in [-0.1, -0.05) is 55.5 Å². The molecule has 0 radical (unpaired) electrons. The van der Waals surface area contributed by atoms with E-state index < -0.39 is 35.1 Å². The Morgan fingerprint density at radius 1 is 1.11 bits per heavy atom. The Bertz CT molecular complexity index is 1250. The van der Waals surface area contributed by atoms with Crippen molar-refractivity contribution in [2.75, 3.05) is 19.0 Å². The summed E-state index contributed by atoms with van der Waals surface area (Å²) in [6, 6.07) is 13.7. The third-order valence-electron chi connectivity index (χ3n) is 9.18. The van der Waals surface area contributed by atoms with E-state index in [4.69, 9.17) is 4.74 Å². The van der Waals surface area contributed by atoms with Gasteiger partial charge in [0.1, 0.15) is 11.6 Å². The maximum absolute atomic E-state index is 14.3. The van der Waals surface area contributed by atoms with Gasteiger partial charge in [0.05, 0.1) is 30.1 Å². The summed E-state index contributed by atoms with van der Waals surface area (Å²) in [5.74, 6) is -2.54. The SMILES string of the molecule is CNC(=O)[C@@H]1[C@H]2C(=O)N([C@@H](CO)Cc3ccccc3)C(C(=O)Nc3c(C)cccc3C)C23CC(C)[C@@]1(C)O3. The molecule has 2 aromatic carbocycles. The van der Waals surface area contributed by atoms with Crippen LogP contribution < -0.4 is 10.6 Å². The van der Waals surface area contributed by atoms with Gasteiger partial charge in [-0.25, -0.2) is 0 Å². The van der Waals surface area contributed by atoms with Gasteiger partial charge in [0.2, 0.25) is 17.7 Å². The van der Waals surface area contributed by atoms with Crippen molar-refractivity contribution >= 4 is 23.4 Å². The van der Waals surface area contributed by atoms with Crippen molar-refractivity contribution in [2.45, 2.75) is 63.8 Å². The van der Waals surface area contributed by atoms with E-state index in [9.17, 15) is 19.5 Å². The van der Waals surface area contributed by atoms with Crippen molar-refractivity contribution in [3.05, 3.63) is 65.2 Å². The number of aliphatic hydroxyl groups excluding tert-OH is 1. The second-order valence-corrected chi connectivity index (χ2v) is 11.3. The Kier molecular flexibility index (Phi) is 6.60. The number of para-hydroxylation sites is 1. The summed E-state index contributed by atoms with van der Waals surface area (Å²) in [5, 5.41) is 16.4. The number of fused-ring (bicyclic) bond motifs is 1. The monoisotopic (exact) mass is 519 g/mol. The highest BCUT2D eigenvalue weighted by Gasteiger charge is 2.80. The molecule has 3 fully saturated rings. The van der Waals surface area contributed by atoms with Crippen molar-refractivity contribution in [1.29, 1.82) is 0 Å². The second kappa shape index (κ2) is 9.50. The zero-order valence-electron chi connectivity index (χ0n) is 22.7. The summed E-state index contributed by atoms with van der Waals surface area (Å²) < 4.78 is 6.73. The van der Waals surface area contributed by atoms with Crippen LogP contribution in [0.25, 0.3) is 0 Å². The van der Waals surface area contributed by atoms with E-state index in [2.05, 4.69) is 10.6 Å². The summed E-state index contributed by atoms with van der Waals surface area (Å²) in [4.78, 5) is 43.3. The van der Waals surface area contributed by atoms with Crippen LogP contribution in [-0.2, 0) is 25.5 Å². The number of hydrogen-bond acceptors (Lipinski definition) is 5. The van der Waals surface area contributed by atoms with Crippen molar-refractivity contribution in [1.82, 2.24) is 10.2 Å². The number of benzene rings is 2. The van der Waals surface area contributed by atoms with E-state index in [0.29, 0.717) is 18.5 Å². The summed E-state index contributed by atoms with van der Waals surface area (Å²) in [6.45, 7) is 7.43. The first-order valence-corrected chi connectivity index (χ1v) is 13.3. The van der Waals surface area contributed by atoms with Gasteiger partial charge in [0.25, 0.3) is 0 Å². The number of nitrogens with one attached hydrogen (secondary N) is 2. The lowest BCUT2D eigenvalue weighted by Gasteiger charge is -2.37. The summed E-state index contributed by atoms with van der Waals surface area (Å²) in [7, 11) is 1.56. The number of amides is 3. The number of anilines is 1. The molecule has 3 heterocycles. The molecular formula is C30H37N3O5. The average molecular weight is 520 g/mol. The Morgan fingerprint density at radius 2 is 1.76 bits per heavy atom. The number of carbonyl (C=O) groups excluding carboxylic acids is 3. The van der Waals surface area contributed by atoms with Gasteiger partial charge in [0, 0.05) is 12.7 Å². The third kappa shape index (κ3) is 3.76. The molecule has 3 aliphatic rings. The largest absolute Gasteiger partial charge is 0.394 e.